The van der Waals surface area contributed by atoms with E-state index in [1.54, 1.807) is 0 Å². The standard InChI is InChI=1S/C8H19N3O/c1-2-6-11-8(12)7(10)4-3-5-9/h7H,2-6,9-10H2,1H3,(H,11,12)/t7-/m0/s1. The van der Waals surface area contributed by atoms with Crippen LogP contribution in [0.3, 0.4) is 0 Å². The summed E-state index contributed by atoms with van der Waals surface area (Å²) in [4.78, 5) is 11.1. The molecule has 0 spiro atoms. The summed E-state index contributed by atoms with van der Waals surface area (Å²) in [6.07, 6.45) is 2.42. The van der Waals surface area contributed by atoms with E-state index in [-0.39, 0.29) is 11.9 Å². The van der Waals surface area contributed by atoms with Gasteiger partial charge in [0.15, 0.2) is 0 Å². The molecule has 0 radical (unpaired) electrons. The Hall–Kier alpha value is -0.610. The van der Waals surface area contributed by atoms with Crippen molar-refractivity contribution in [3.63, 3.8) is 0 Å². The Balaban J connectivity index is 3.47. The summed E-state index contributed by atoms with van der Waals surface area (Å²) in [5.41, 5.74) is 10.9. The summed E-state index contributed by atoms with van der Waals surface area (Å²) in [5.74, 6) is -0.0645. The van der Waals surface area contributed by atoms with E-state index in [0.717, 1.165) is 12.8 Å². The molecule has 5 N–H and O–H groups in total. The van der Waals surface area contributed by atoms with E-state index >= 15 is 0 Å². The lowest BCUT2D eigenvalue weighted by atomic mass is 10.1. The first kappa shape index (κ1) is 11.4. The van der Waals surface area contributed by atoms with E-state index in [4.69, 9.17) is 11.5 Å². The lowest BCUT2D eigenvalue weighted by Gasteiger charge is -2.10. The summed E-state index contributed by atoms with van der Waals surface area (Å²) < 4.78 is 0. The lowest BCUT2D eigenvalue weighted by Crippen LogP contribution is -2.41. The van der Waals surface area contributed by atoms with E-state index in [0.29, 0.717) is 19.5 Å². The molecule has 0 rings (SSSR count). The van der Waals surface area contributed by atoms with Crippen LogP contribution in [0.25, 0.3) is 0 Å². The van der Waals surface area contributed by atoms with Crippen molar-refractivity contribution in [3.05, 3.63) is 0 Å². The molecule has 0 bridgehead atoms. The minimum absolute atomic E-state index is 0.0645. The molecule has 0 aliphatic carbocycles. The molecule has 12 heavy (non-hydrogen) atoms. The Morgan fingerprint density at radius 2 is 2.25 bits per heavy atom. The molecule has 0 aromatic rings. The average Bonchev–Trinajstić information content (AvgIpc) is 2.10. The van der Waals surface area contributed by atoms with Gasteiger partial charge in [0.1, 0.15) is 0 Å². The Kier molecular flexibility index (Phi) is 6.70. The molecule has 0 fully saturated rings. The van der Waals surface area contributed by atoms with Gasteiger partial charge in [-0.25, -0.2) is 0 Å². The van der Waals surface area contributed by atoms with Gasteiger partial charge in [-0.1, -0.05) is 6.92 Å². The molecule has 0 aromatic heterocycles. The highest BCUT2D eigenvalue weighted by Crippen LogP contribution is 1.92. The molecule has 1 amide bonds. The first-order valence-corrected chi connectivity index (χ1v) is 4.45. The molecule has 1 atom stereocenters. The normalized spacial score (nSPS) is 12.6. The minimum Gasteiger partial charge on any atom is -0.355 e. The van der Waals surface area contributed by atoms with Crippen LogP contribution in [0.5, 0.6) is 0 Å². The molecule has 4 nitrogen and oxygen atoms in total. The van der Waals surface area contributed by atoms with E-state index in [1.165, 1.54) is 0 Å². The summed E-state index contributed by atoms with van der Waals surface area (Å²) in [5, 5.41) is 2.74. The zero-order chi connectivity index (χ0) is 9.40. The quantitative estimate of drug-likeness (QED) is 0.510. The van der Waals surface area contributed by atoms with Gasteiger partial charge in [-0.15, -0.1) is 0 Å². The highest BCUT2D eigenvalue weighted by atomic mass is 16.2. The van der Waals surface area contributed by atoms with Crippen molar-refractivity contribution >= 4 is 5.91 Å². The molecule has 4 heteroatoms. The van der Waals surface area contributed by atoms with Crippen LogP contribution in [-0.2, 0) is 4.79 Å². The smallest absolute Gasteiger partial charge is 0.236 e. The molecule has 0 saturated heterocycles. The monoisotopic (exact) mass is 173 g/mol. The van der Waals surface area contributed by atoms with Crippen molar-refractivity contribution in [1.29, 1.82) is 0 Å². The third-order valence-electron chi connectivity index (χ3n) is 1.61. The number of hydrogen-bond donors (Lipinski definition) is 3. The molecule has 0 heterocycles. The highest BCUT2D eigenvalue weighted by Gasteiger charge is 2.10. The van der Waals surface area contributed by atoms with Crippen LogP contribution in [0.1, 0.15) is 26.2 Å². The third kappa shape index (κ3) is 5.09. The number of rotatable bonds is 6. The van der Waals surface area contributed by atoms with Crippen LogP contribution in [0.2, 0.25) is 0 Å². The predicted octanol–water partition coefficient (Wildman–Crippen LogP) is -0.421. The fourth-order valence-electron chi connectivity index (χ4n) is 0.848. The molecule has 0 aliphatic heterocycles. The maximum absolute atomic E-state index is 11.1. The zero-order valence-corrected chi connectivity index (χ0v) is 7.68. The average molecular weight is 173 g/mol. The predicted molar refractivity (Wildman–Crippen MR) is 49.6 cm³/mol. The van der Waals surface area contributed by atoms with Gasteiger partial charge < -0.3 is 16.8 Å². The van der Waals surface area contributed by atoms with Crippen molar-refractivity contribution < 1.29 is 4.79 Å². The second-order valence-corrected chi connectivity index (χ2v) is 2.83. The fraction of sp³-hybridized carbons (Fsp3) is 0.875. The number of carbonyl (C=O) groups is 1. The van der Waals surface area contributed by atoms with Crippen molar-refractivity contribution in [3.8, 4) is 0 Å². The number of amides is 1. The zero-order valence-electron chi connectivity index (χ0n) is 7.68. The molecule has 0 aromatic carbocycles. The van der Waals surface area contributed by atoms with Crippen LogP contribution in [0.15, 0.2) is 0 Å². The van der Waals surface area contributed by atoms with Crippen LogP contribution in [0, 0.1) is 0 Å². The van der Waals surface area contributed by atoms with Crippen molar-refractivity contribution in [2.45, 2.75) is 32.2 Å². The van der Waals surface area contributed by atoms with Crippen LogP contribution in [0.4, 0.5) is 0 Å². The Labute approximate surface area is 73.7 Å². The van der Waals surface area contributed by atoms with Crippen LogP contribution < -0.4 is 16.8 Å². The third-order valence-corrected chi connectivity index (χ3v) is 1.61. The van der Waals surface area contributed by atoms with Gasteiger partial charge in [-0.05, 0) is 25.8 Å². The minimum atomic E-state index is -0.389. The first-order valence-electron chi connectivity index (χ1n) is 4.45. The highest BCUT2D eigenvalue weighted by molar-refractivity contribution is 5.81. The summed E-state index contributed by atoms with van der Waals surface area (Å²) >= 11 is 0. The first-order chi connectivity index (χ1) is 5.72. The van der Waals surface area contributed by atoms with Crippen molar-refractivity contribution in [1.82, 2.24) is 5.32 Å². The van der Waals surface area contributed by atoms with Gasteiger partial charge >= 0.3 is 0 Å². The van der Waals surface area contributed by atoms with Crippen LogP contribution in [-0.4, -0.2) is 25.0 Å². The lowest BCUT2D eigenvalue weighted by molar-refractivity contribution is -0.122. The number of carbonyl (C=O) groups excluding carboxylic acids is 1. The number of hydrogen-bond acceptors (Lipinski definition) is 3. The SMILES string of the molecule is CCCNC(=O)[C@@H](N)CCCN. The van der Waals surface area contributed by atoms with E-state index in [1.807, 2.05) is 6.92 Å². The van der Waals surface area contributed by atoms with Crippen molar-refractivity contribution in [2.75, 3.05) is 13.1 Å². The Bertz CT molecular complexity index is 127. The van der Waals surface area contributed by atoms with Gasteiger partial charge in [0.2, 0.25) is 5.91 Å². The van der Waals surface area contributed by atoms with E-state index in [9.17, 15) is 4.79 Å². The van der Waals surface area contributed by atoms with Gasteiger partial charge in [-0.2, -0.15) is 0 Å². The van der Waals surface area contributed by atoms with Gasteiger partial charge in [0.05, 0.1) is 6.04 Å². The topological polar surface area (TPSA) is 81.1 Å². The van der Waals surface area contributed by atoms with Gasteiger partial charge in [0.25, 0.3) is 0 Å². The Morgan fingerprint density at radius 3 is 2.75 bits per heavy atom. The fourth-order valence-corrected chi connectivity index (χ4v) is 0.848. The maximum atomic E-state index is 11.1. The second-order valence-electron chi connectivity index (χ2n) is 2.83. The number of nitrogens with one attached hydrogen (secondary N) is 1. The van der Waals surface area contributed by atoms with Crippen molar-refractivity contribution in [2.24, 2.45) is 11.5 Å². The second kappa shape index (κ2) is 7.06. The molecule has 0 unspecified atom stereocenters. The largest absolute Gasteiger partial charge is 0.355 e. The summed E-state index contributed by atoms with van der Waals surface area (Å²) in [7, 11) is 0. The molecular weight excluding hydrogens is 154 g/mol. The van der Waals surface area contributed by atoms with Gasteiger partial charge in [-0.3, -0.25) is 4.79 Å². The van der Waals surface area contributed by atoms with E-state index in [2.05, 4.69) is 5.32 Å². The van der Waals surface area contributed by atoms with E-state index < -0.39 is 0 Å². The molecular formula is C8H19N3O. The summed E-state index contributed by atoms with van der Waals surface area (Å²) in [6.45, 7) is 3.30. The van der Waals surface area contributed by atoms with Gasteiger partial charge in [0, 0.05) is 6.54 Å². The van der Waals surface area contributed by atoms with Crippen LogP contribution >= 0.6 is 0 Å². The number of nitrogens with two attached hydrogens (primary N) is 2. The maximum Gasteiger partial charge on any atom is 0.236 e. The molecule has 0 aliphatic rings. The summed E-state index contributed by atoms with van der Waals surface area (Å²) in [6, 6.07) is -0.389. The Morgan fingerprint density at radius 1 is 1.58 bits per heavy atom. The molecule has 72 valence electrons. The molecule has 0 saturated carbocycles.